The molecule has 1 aromatic rings. The molecule has 0 N–H and O–H groups in total. The van der Waals surface area contributed by atoms with Crippen molar-refractivity contribution in [2.45, 2.75) is 77.9 Å². The molecule has 2 aliphatic rings. The largest absolute Gasteiger partial charge is 0.485 e. The van der Waals surface area contributed by atoms with Gasteiger partial charge in [0.1, 0.15) is 12.2 Å². The number of Topliss-reactive ketones (excluding diaryl/α,β-unsaturated/α-hetero) is 2. The summed E-state index contributed by atoms with van der Waals surface area (Å²) in [6, 6.07) is 6.78. The standard InChI is InChI=1S/C24H30O5/c1-4-6-8-14-19-18(11-7-5-2)23(28-15(3)25)20-21(26)16-12-9-10-13-17(16)22(27)24(20)29-19/h9-10,12-13,18-19,23H,4-8,11,14H2,1-3H3. The molecule has 1 aliphatic carbocycles. The highest BCUT2D eigenvalue weighted by atomic mass is 16.6. The van der Waals surface area contributed by atoms with Crippen molar-refractivity contribution >= 4 is 17.5 Å². The van der Waals surface area contributed by atoms with E-state index < -0.39 is 12.1 Å². The van der Waals surface area contributed by atoms with Crippen LogP contribution in [0.15, 0.2) is 35.6 Å². The number of allylic oxidation sites excluding steroid dienone is 1. The minimum Gasteiger partial charge on any atom is -0.485 e. The van der Waals surface area contributed by atoms with Gasteiger partial charge in [-0.2, -0.15) is 0 Å². The fourth-order valence-electron chi connectivity index (χ4n) is 4.37. The summed E-state index contributed by atoms with van der Waals surface area (Å²) in [7, 11) is 0. The number of rotatable bonds is 8. The first kappa shape index (κ1) is 21.3. The minimum atomic E-state index is -0.737. The van der Waals surface area contributed by atoms with Crippen LogP contribution in [0.25, 0.3) is 0 Å². The van der Waals surface area contributed by atoms with Crippen LogP contribution in [0.5, 0.6) is 0 Å². The van der Waals surface area contributed by atoms with E-state index in [1.807, 2.05) is 0 Å². The maximum atomic E-state index is 13.3. The summed E-state index contributed by atoms with van der Waals surface area (Å²) in [5.41, 5.74) is 0.935. The zero-order chi connectivity index (χ0) is 21.0. The van der Waals surface area contributed by atoms with Crippen molar-refractivity contribution in [3.8, 4) is 0 Å². The van der Waals surface area contributed by atoms with Crippen molar-refractivity contribution in [2.24, 2.45) is 5.92 Å². The van der Waals surface area contributed by atoms with Crippen molar-refractivity contribution in [3.05, 3.63) is 46.7 Å². The molecule has 0 radical (unpaired) electrons. The van der Waals surface area contributed by atoms with E-state index in [4.69, 9.17) is 9.47 Å². The summed E-state index contributed by atoms with van der Waals surface area (Å²) < 4.78 is 11.9. The van der Waals surface area contributed by atoms with E-state index >= 15 is 0 Å². The molecule has 0 spiro atoms. The molecule has 5 heteroatoms. The predicted molar refractivity (Wildman–Crippen MR) is 110 cm³/mol. The Morgan fingerprint density at radius 3 is 2.24 bits per heavy atom. The lowest BCUT2D eigenvalue weighted by atomic mass is 9.76. The second-order valence-electron chi connectivity index (χ2n) is 7.93. The van der Waals surface area contributed by atoms with Crippen molar-refractivity contribution in [1.82, 2.24) is 0 Å². The average Bonchev–Trinajstić information content (AvgIpc) is 2.71. The van der Waals surface area contributed by atoms with Gasteiger partial charge in [0.15, 0.2) is 11.5 Å². The van der Waals surface area contributed by atoms with Crippen LogP contribution >= 0.6 is 0 Å². The van der Waals surface area contributed by atoms with Gasteiger partial charge in [-0.25, -0.2) is 0 Å². The lowest BCUT2D eigenvalue weighted by molar-refractivity contribution is -0.151. The van der Waals surface area contributed by atoms with Gasteiger partial charge in [-0.05, 0) is 19.3 Å². The van der Waals surface area contributed by atoms with Gasteiger partial charge in [0.2, 0.25) is 5.78 Å². The second-order valence-corrected chi connectivity index (χ2v) is 7.93. The molecule has 1 heterocycles. The molecular formula is C24H30O5. The Balaban J connectivity index is 2.05. The van der Waals surface area contributed by atoms with E-state index in [9.17, 15) is 14.4 Å². The summed E-state index contributed by atoms with van der Waals surface area (Å²) >= 11 is 0. The number of hydrogen-bond donors (Lipinski definition) is 0. The summed E-state index contributed by atoms with van der Waals surface area (Å²) in [4.78, 5) is 38.4. The Kier molecular flexibility index (Phi) is 6.88. The minimum absolute atomic E-state index is 0.0780. The smallest absolute Gasteiger partial charge is 0.303 e. The van der Waals surface area contributed by atoms with Crippen LogP contribution in [0.2, 0.25) is 0 Å². The van der Waals surface area contributed by atoms with Crippen molar-refractivity contribution in [1.29, 1.82) is 0 Å². The molecule has 156 valence electrons. The number of ketones is 2. The molecule has 3 unspecified atom stereocenters. The number of carbonyl (C=O) groups excluding carboxylic acids is 3. The van der Waals surface area contributed by atoms with E-state index in [1.165, 1.54) is 6.92 Å². The number of ether oxygens (including phenoxy) is 2. The molecule has 3 rings (SSSR count). The highest BCUT2D eigenvalue weighted by molar-refractivity contribution is 6.26. The highest BCUT2D eigenvalue weighted by Crippen LogP contribution is 2.42. The number of fused-ring (bicyclic) bond motifs is 1. The number of benzene rings is 1. The topological polar surface area (TPSA) is 69.7 Å². The van der Waals surface area contributed by atoms with Gasteiger partial charge < -0.3 is 9.47 Å². The fourth-order valence-corrected chi connectivity index (χ4v) is 4.37. The Hall–Kier alpha value is -2.43. The van der Waals surface area contributed by atoms with Crippen LogP contribution in [0.1, 0.15) is 86.4 Å². The first-order chi connectivity index (χ1) is 14.0. The van der Waals surface area contributed by atoms with Gasteiger partial charge in [-0.1, -0.05) is 63.8 Å². The lowest BCUT2D eigenvalue weighted by Gasteiger charge is -2.41. The van der Waals surface area contributed by atoms with E-state index in [1.54, 1.807) is 24.3 Å². The predicted octanol–water partition coefficient (Wildman–Crippen LogP) is 5.04. The third-order valence-electron chi connectivity index (χ3n) is 5.81. The maximum absolute atomic E-state index is 13.3. The number of unbranched alkanes of at least 4 members (excludes halogenated alkanes) is 3. The first-order valence-electron chi connectivity index (χ1n) is 10.8. The molecule has 1 aromatic carbocycles. The van der Waals surface area contributed by atoms with Crippen molar-refractivity contribution in [3.63, 3.8) is 0 Å². The summed E-state index contributed by atoms with van der Waals surface area (Å²) in [5, 5.41) is 0. The highest BCUT2D eigenvalue weighted by Gasteiger charge is 2.48. The third-order valence-corrected chi connectivity index (χ3v) is 5.81. The fraction of sp³-hybridized carbons (Fsp3) is 0.542. The number of hydrogen-bond acceptors (Lipinski definition) is 5. The molecule has 0 aromatic heterocycles. The number of carbonyl (C=O) groups is 3. The van der Waals surface area contributed by atoms with E-state index in [0.29, 0.717) is 11.1 Å². The SMILES string of the molecule is CCCCCC1OC2=C(C(=O)c3ccccc3C2=O)C(OC(C)=O)C1CCCC. The Morgan fingerprint density at radius 1 is 0.966 bits per heavy atom. The Bertz CT molecular complexity index is 822. The average molecular weight is 398 g/mol. The molecule has 29 heavy (non-hydrogen) atoms. The van der Waals surface area contributed by atoms with Crippen molar-refractivity contribution < 1.29 is 23.9 Å². The monoisotopic (exact) mass is 398 g/mol. The molecule has 0 saturated carbocycles. The third kappa shape index (κ3) is 4.29. The van der Waals surface area contributed by atoms with Crippen LogP contribution in [0.3, 0.4) is 0 Å². The lowest BCUT2D eigenvalue weighted by Crippen LogP contribution is -2.47. The molecule has 3 atom stereocenters. The van der Waals surface area contributed by atoms with Crippen LogP contribution in [-0.4, -0.2) is 29.7 Å². The van der Waals surface area contributed by atoms with Gasteiger partial charge in [-0.15, -0.1) is 0 Å². The second kappa shape index (κ2) is 9.38. The molecule has 0 fully saturated rings. The van der Waals surface area contributed by atoms with Crippen LogP contribution in [0, 0.1) is 5.92 Å². The number of esters is 1. The molecular weight excluding hydrogens is 368 g/mol. The van der Waals surface area contributed by atoms with Crippen LogP contribution in [-0.2, 0) is 14.3 Å². The Morgan fingerprint density at radius 2 is 1.62 bits per heavy atom. The van der Waals surface area contributed by atoms with Crippen molar-refractivity contribution in [2.75, 3.05) is 0 Å². The summed E-state index contributed by atoms with van der Waals surface area (Å²) in [5.74, 6) is -1.06. The van der Waals surface area contributed by atoms with E-state index in [-0.39, 0.29) is 34.9 Å². The van der Waals surface area contributed by atoms with Gasteiger partial charge in [-0.3, -0.25) is 14.4 Å². The van der Waals surface area contributed by atoms with Gasteiger partial charge >= 0.3 is 5.97 Å². The quantitative estimate of drug-likeness (QED) is 0.453. The maximum Gasteiger partial charge on any atom is 0.303 e. The van der Waals surface area contributed by atoms with Crippen LogP contribution in [0.4, 0.5) is 0 Å². The molecule has 1 aliphatic heterocycles. The van der Waals surface area contributed by atoms with Gasteiger partial charge in [0, 0.05) is 24.0 Å². The zero-order valence-corrected chi connectivity index (χ0v) is 17.5. The Labute approximate surface area is 172 Å². The molecule has 0 amide bonds. The zero-order valence-electron chi connectivity index (χ0n) is 17.5. The van der Waals surface area contributed by atoms with E-state index in [2.05, 4.69) is 13.8 Å². The molecule has 0 saturated heterocycles. The van der Waals surface area contributed by atoms with Crippen LogP contribution < -0.4 is 0 Å². The first-order valence-corrected chi connectivity index (χ1v) is 10.8. The molecule has 5 nitrogen and oxygen atoms in total. The van der Waals surface area contributed by atoms with Gasteiger partial charge in [0.05, 0.1) is 5.57 Å². The summed E-state index contributed by atoms with van der Waals surface area (Å²) in [6.07, 6.45) is 5.64. The normalized spacial score (nSPS) is 23.3. The van der Waals surface area contributed by atoms with E-state index in [0.717, 1.165) is 44.9 Å². The summed E-state index contributed by atoms with van der Waals surface area (Å²) in [6.45, 7) is 5.59. The molecule has 0 bridgehead atoms. The van der Waals surface area contributed by atoms with Gasteiger partial charge in [0.25, 0.3) is 0 Å².